The van der Waals surface area contributed by atoms with Gasteiger partial charge in [-0.25, -0.2) is 4.98 Å². The first kappa shape index (κ1) is 24.6. The number of hydrogen-bond donors (Lipinski definition) is 1. The summed E-state index contributed by atoms with van der Waals surface area (Å²) in [5.41, 5.74) is 6.64. The van der Waals surface area contributed by atoms with Crippen LogP contribution in [0.4, 0.5) is 5.69 Å². The van der Waals surface area contributed by atoms with Crippen LogP contribution in [-0.4, -0.2) is 25.8 Å². The van der Waals surface area contributed by atoms with Crippen molar-refractivity contribution < 1.29 is 4.74 Å². The minimum atomic E-state index is -0.0995. The molecule has 4 aromatic rings. The van der Waals surface area contributed by atoms with E-state index in [9.17, 15) is 0 Å². The molecule has 1 aromatic carbocycles. The Labute approximate surface area is 229 Å². The van der Waals surface area contributed by atoms with E-state index in [0.717, 1.165) is 47.2 Å². The molecular weight excluding hydrogens is 490 g/mol. The van der Waals surface area contributed by atoms with E-state index in [2.05, 4.69) is 83.0 Å². The molecule has 38 heavy (non-hydrogen) atoms. The number of anilines is 1. The van der Waals surface area contributed by atoms with Gasteiger partial charge >= 0.3 is 0 Å². The molecular formula is C31H33N5OS. The molecule has 0 unspecified atom stereocenters. The fourth-order valence-corrected chi connectivity index (χ4v) is 6.26. The zero-order valence-electron chi connectivity index (χ0n) is 22.1. The van der Waals surface area contributed by atoms with E-state index in [1.54, 1.807) is 0 Å². The molecule has 2 atom stereocenters. The molecule has 1 N–H and O–H groups in total. The van der Waals surface area contributed by atoms with Crippen molar-refractivity contribution in [3.8, 4) is 11.6 Å². The summed E-state index contributed by atoms with van der Waals surface area (Å²) in [6, 6.07) is 20.7. The van der Waals surface area contributed by atoms with Gasteiger partial charge in [0.1, 0.15) is 11.6 Å². The molecule has 0 spiro atoms. The molecule has 1 aliphatic heterocycles. The Kier molecular flexibility index (Phi) is 6.62. The van der Waals surface area contributed by atoms with Crippen LogP contribution in [0.25, 0.3) is 5.82 Å². The molecule has 194 valence electrons. The van der Waals surface area contributed by atoms with Crippen molar-refractivity contribution in [2.24, 2.45) is 0 Å². The van der Waals surface area contributed by atoms with Gasteiger partial charge in [-0.1, -0.05) is 6.07 Å². The SMILES string of the molecule is Cc1ccnc(-n2c(C)cc([C@H]3[C@@H](c4ccccn4)NC(=S)N3c3ccc(OC4CCCC4)cc3)c2C)c1. The number of aryl methyl sites for hydroxylation is 2. The molecule has 1 saturated heterocycles. The highest BCUT2D eigenvalue weighted by Gasteiger charge is 2.42. The molecule has 2 aliphatic rings. The number of benzene rings is 1. The van der Waals surface area contributed by atoms with Gasteiger partial charge in [0.25, 0.3) is 0 Å². The molecule has 1 aliphatic carbocycles. The van der Waals surface area contributed by atoms with Crippen LogP contribution in [0.15, 0.2) is 73.1 Å². The average molecular weight is 524 g/mol. The highest BCUT2D eigenvalue weighted by Crippen LogP contribution is 2.44. The molecule has 6 rings (SSSR count). The summed E-state index contributed by atoms with van der Waals surface area (Å²) >= 11 is 5.96. The minimum Gasteiger partial charge on any atom is -0.490 e. The first-order valence-corrected chi connectivity index (χ1v) is 13.8. The summed E-state index contributed by atoms with van der Waals surface area (Å²) in [5, 5.41) is 4.27. The maximum Gasteiger partial charge on any atom is 0.174 e. The number of nitrogens with one attached hydrogen (secondary N) is 1. The van der Waals surface area contributed by atoms with Gasteiger partial charge in [0, 0.05) is 29.5 Å². The third-order valence-electron chi connectivity index (χ3n) is 7.74. The zero-order chi connectivity index (χ0) is 26.2. The Balaban J connectivity index is 1.41. The molecule has 0 amide bonds. The van der Waals surface area contributed by atoms with Crippen LogP contribution in [0.2, 0.25) is 0 Å². The molecule has 1 saturated carbocycles. The van der Waals surface area contributed by atoms with Crippen LogP contribution in [0.5, 0.6) is 5.75 Å². The molecule has 0 radical (unpaired) electrons. The van der Waals surface area contributed by atoms with Crippen molar-refractivity contribution in [3.05, 3.63) is 101 Å². The number of nitrogens with zero attached hydrogens (tertiary/aromatic N) is 4. The zero-order valence-corrected chi connectivity index (χ0v) is 22.9. The quantitative estimate of drug-likeness (QED) is 0.284. The van der Waals surface area contributed by atoms with Crippen LogP contribution in [0.1, 0.15) is 66.0 Å². The van der Waals surface area contributed by atoms with Crippen LogP contribution in [-0.2, 0) is 0 Å². The predicted octanol–water partition coefficient (Wildman–Crippen LogP) is 6.69. The van der Waals surface area contributed by atoms with E-state index in [0.29, 0.717) is 11.2 Å². The molecule has 2 fully saturated rings. The molecule has 6 nitrogen and oxygen atoms in total. The second-order valence-corrected chi connectivity index (χ2v) is 10.8. The number of hydrogen-bond acceptors (Lipinski definition) is 4. The van der Waals surface area contributed by atoms with Gasteiger partial charge in [0.15, 0.2) is 5.11 Å². The second kappa shape index (κ2) is 10.2. The molecule has 0 bridgehead atoms. The Bertz CT molecular complexity index is 1440. The summed E-state index contributed by atoms with van der Waals surface area (Å²) in [4.78, 5) is 11.6. The third-order valence-corrected chi connectivity index (χ3v) is 8.05. The smallest absolute Gasteiger partial charge is 0.174 e. The Hall–Kier alpha value is -3.71. The van der Waals surface area contributed by atoms with Crippen molar-refractivity contribution in [2.75, 3.05) is 4.90 Å². The van der Waals surface area contributed by atoms with Crippen LogP contribution in [0, 0.1) is 20.8 Å². The van der Waals surface area contributed by atoms with E-state index in [4.69, 9.17) is 21.9 Å². The van der Waals surface area contributed by atoms with E-state index in [1.807, 2.05) is 30.6 Å². The first-order chi connectivity index (χ1) is 18.5. The lowest BCUT2D eigenvalue weighted by molar-refractivity contribution is 0.210. The summed E-state index contributed by atoms with van der Waals surface area (Å²) in [6.07, 6.45) is 8.83. The van der Waals surface area contributed by atoms with Crippen molar-refractivity contribution in [1.82, 2.24) is 19.9 Å². The van der Waals surface area contributed by atoms with Gasteiger partial charge < -0.3 is 19.5 Å². The monoisotopic (exact) mass is 523 g/mol. The molecule has 7 heteroatoms. The van der Waals surface area contributed by atoms with Crippen molar-refractivity contribution in [2.45, 2.75) is 64.6 Å². The van der Waals surface area contributed by atoms with Crippen LogP contribution in [0.3, 0.4) is 0 Å². The summed E-state index contributed by atoms with van der Waals surface area (Å²) < 4.78 is 8.46. The number of pyridine rings is 2. The van der Waals surface area contributed by atoms with Gasteiger partial charge in [-0.3, -0.25) is 4.98 Å². The standard InChI is InChI=1S/C31H33N5OS/c1-20-15-17-33-28(18-20)35-21(2)19-26(22(35)3)30-29(27-10-6-7-16-32-27)34-31(38)36(30)23-11-13-25(14-12-23)37-24-8-4-5-9-24/h6-7,10-19,24,29-30H,4-5,8-9H2,1-3H3,(H,34,38)/t29-,30+/m1/s1. The number of rotatable bonds is 6. The number of aromatic nitrogens is 3. The molecule has 3 aromatic heterocycles. The van der Waals surface area contributed by atoms with Crippen molar-refractivity contribution >= 4 is 23.0 Å². The highest BCUT2D eigenvalue weighted by molar-refractivity contribution is 7.80. The predicted molar refractivity (Wildman–Crippen MR) is 155 cm³/mol. The lowest BCUT2D eigenvalue weighted by Gasteiger charge is -2.28. The topological polar surface area (TPSA) is 55.2 Å². The maximum absolute atomic E-state index is 6.23. The second-order valence-electron chi connectivity index (χ2n) is 10.4. The maximum atomic E-state index is 6.23. The number of ether oxygens (including phenoxy) is 1. The largest absolute Gasteiger partial charge is 0.490 e. The van der Waals surface area contributed by atoms with E-state index >= 15 is 0 Å². The van der Waals surface area contributed by atoms with Crippen LogP contribution >= 0.6 is 12.2 Å². The lowest BCUT2D eigenvalue weighted by Crippen LogP contribution is -2.29. The normalized spacial score (nSPS) is 19.7. The Morgan fingerprint density at radius 1 is 0.921 bits per heavy atom. The van der Waals surface area contributed by atoms with E-state index in [1.165, 1.54) is 24.0 Å². The first-order valence-electron chi connectivity index (χ1n) is 13.4. The van der Waals surface area contributed by atoms with Gasteiger partial charge in [0.05, 0.1) is 23.9 Å². The van der Waals surface area contributed by atoms with E-state index in [-0.39, 0.29) is 12.1 Å². The summed E-state index contributed by atoms with van der Waals surface area (Å²) in [5.74, 6) is 1.84. The fourth-order valence-electron chi connectivity index (χ4n) is 5.92. The van der Waals surface area contributed by atoms with E-state index < -0.39 is 0 Å². The molecule has 4 heterocycles. The van der Waals surface area contributed by atoms with Crippen molar-refractivity contribution in [3.63, 3.8) is 0 Å². The Morgan fingerprint density at radius 3 is 2.42 bits per heavy atom. The van der Waals surface area contributed by atoms with Crippen molar-refractivity contribution in [1.29, 1.82) is 0 Å². The third kappa shape index (κ3) is 4.56. The van der Waals surface area contributed by atoms with Gasteiger partial charge in [0.2, 0.25) is 0 Å². The van der Waals surface area contributed by atoms with Gasteiger partial charge in [-0.2, -0.15) is 0 Å². The summed E-state index contributed by atoms with van der Waals surface area (Å²) in [6.45, 7) is 6.40. The van der Waals surface area contributed by atoms with Gasteiger partial charge in [-0.05, 0) is 124 Å². The number of thiocarbonyl (C=S) groups is 1. The average Bonchev–Trinajstić information content (AvgIpc) is 3.63. The lowest BCUT2D eigenvalue weighted by atomic mass is 9.96. The van der Waals surface area contributed by atoms with Crippen LogP contribution < -0.4 is 15.0 Å². The Morgan fingerprint density at radius 2 is 1.71 bits per heavy atom. The minimum absolute atomic E-state index is 0.0799. The van der Waals surface area contributed by atoms with Gasteiger partial charge in [-0.15, -0.1) is 0 Å². The summed E-state index contributed by atoms with van der Waals surface area (Å²) in [7, 11) is 0. The highest BCUT2D eigenvalue weighted by atomic mass is 32.1. The fraction of sp³-hybridized carbons (Fsp3) is 0.323.